The Labute approximate surface area is 133 Å². The van der Waals surface area contributed by atoms with Gasteiger partial charge in [-0.15, -0.1) is 11.6 Å². The van der Waals surface area contributed by atoms with Crippen LogP contribution < -0.4 is 0 Å². The van der Waals surface area contributed by atoms with Gasteiger partial charge in [0.25, 0.3) is 0 Å². The van der Waals surface area contributed by atoms with Crippen LogP contribution in [0.3, 0.4) is 0 Å². The molecule has 7 heteroatoms. The van der Waals surface area contributed by atoms with Gasteiger partial charge in [0.15, 0.2) is 0 Å². The summed E-state index contributed by atoms with van der Waals surface area (Å²) in [7, 11) is 1.30. The van der Waals surface area contributed by atoms with E-state index in [9.17, 15) is 9.59 Å². The highest BCUT2D eigenvalue weighted by atomic mass is 35.5. The number of hydrogen-bond acceptors (Lipinski definition) is 5. The minimum Gasteiger partial charge on any atom is -0.465 e. The van der Waals surface area contributed by atoms with Gasteiger partial charge in [0.05, 0.1) is 29.6 Å². The smallest absolute Gasteiger partial charge is 0.420 e. The molecule has 1 aromatic carbocycles. The molecular formula is C15H17ClN2O4. The molecule has 6 nitrogen and oxygen atoms in total. The Morgan fingerprint density at radius 1 is 1.32 bits per heavy atom. The maximum Gasteiger partial charge on any atom is 0.420 e. The first-order chi connectivity index (χ1) is 10.3. The number of fused-ring (bicyclic) bond motifs is 1. The van der Waals surface area contributed by atoms with E-state index >= 15 is 0 Å². The van der Waals surface area contributed by atoms with Gasteiger partial charge in [0, 0.05) is 0 Å². The lowest BCUT2D eigenvalue weighted by Crippen LogP contribution is -2.28. The number of alkyl halides is 1. The molecule has 0 saturated carbocycles. The van der Waals surface area contributed by atoms with Crippen LogP contribution >= 0.6 is 11.6 Å². The van der Waals surface area contributed by atoms with E-state index in [2.05, 4.69) is 9.72 Å². The third-order valence-corrected chi connectivity index (χ3v) is 3.08. The number of ether oxygens (including phenoxy) is 2. The summed E-state index contributed by atoms with van der Waals surface area (Å²) in [5.41, 5.74) is 0.718. The van der Waals surface area contributed by atoms with E-state index in [0.29, 0.717) is 22.4 Å². The second kappa shape index (κ2) is 5.96. The van der Waals surface area contributed by atoms with Crippen molar-refractivity contribution in [2.24, 2.45) is 0 Å². The zero-order valence-corrected chi connectivity index (χ0v) is 13.6. The molecule has 1 heterocycles. The summed E-state index contributed by atoms with van der Waals surface area (Å²) in [5.74, 6) is -0.0735. The van der Waals surface area contributed by atoms with Gasteiger partial charge in [-0.3, -0.25) is 0 Å². The maximum atomic E-state index is 12.3. The predicted molar refractivity (Wildman–Crippen MR) is 82.3 cm³/mol. The van der Waals surface area contributed by atoms with Crippen LogP contribution in [0, 0.1) is 0 Å². The molecule has 0 N–H and O–H groups in total. The molecular weight excluding hydrogens is 308 g/mol. The molecule has 0 radical (unpaired) electrons. The van der Waals surface area contributed by atoms with Gasteiger partial charge in [-0.1, -0.05) is 0 Å². The summed E-state index contributed by atoms with van der Waals surface area (Å²) in [6.45, 7) is 5.33. The molecule has 0 unspecified atom stereocenters. The van der Waals surface area contributed by atoms with Crippen LogP contribution in [0.5, 0.6) is 0 Å². The fourth-order valence-electron chi connectivity index (χ4n) is 1.98. The van der Waals surface area contributed by atoms with Crippen LogP contribution in [0.1, 0.15) is 37.0 Å². The number of benzene rings is 1. The fraction of sp³-hybridized carbons (Fsp3) is 0.400. The van der Waals surface area contributed by atoms with Gasteiger partial charge in [0.2, 0.25) is 0 Å². The first-order valence-electron chi connectivity index (χ1n) is 6.66. The van der Waals surface area contributed by atoms with Crippen molar-refractivity contribution < 1.29 is 19.1 Å². The molecule has 0 spiro atoms. The van der Waals surface area contributed by atoms with Crippen molar-refractivity contribution in [3.05, 3.63) is 29.6 Å². The Balaban J connectivity index is 2.54. The number of hydrogen-bond donors (Lipinski definition) is 0. The quantitative estimate of drug-likeness (QED) is 0.626. The second-order valence-corrected chi connectivity index (χ2v) is 5.94. The number of nitrogens with zero attached hydrogens (tertiary/aromatic N) is 2. The minimum absolute atomic E-state index is 0.0431. The molecule has 0 amide bonds. The average molecular weight is 325 g/mol. The molecule has 0 saturated heterocycles. The molecule has 118 valence electrons. The van der Waals surface area contributed by atoms with Crippen molar-refractivity contribution in [3.8, 4) is 0 Å². The zero-order valence-electron chi connectivity index (χ0n) is 12.8. The Bertz CT molecular complexity index is 731. The van der Waals surface area contributed by atoms with Gasteiger partial charge < -0.3 is 9.47 Å². The average Bonchev–Trinajstić information content (AvgIpc) is 2.82. The summed E-state index contributed by atoms with van der Waals surface area (Å²) >= 11 is 5.87. The molecule has 0 aliphatic carbocycles. The van der Waals surface area contributed by atoms with E-state index in [1.54, 1.807) is 39.0 Å². The van der Waals surface area contributed by atoms with Crippen molar-refractivity contribution in [3.63, 3.8) is 0 Å². The van der Waals surface area contributed by atoms with Gasteiger partial charge in [0.1, 0.15) is 11.4 Å². The summed E-state index contributed by atoms with van der Waals surface area (Å²) < 4.78 is 11.4. The van der Waals surface area contributed by atoms with Crippen molar-refractivity contribution in [2.45, 2.75) is 32.3 Å². The lowest BCUT2D eigenvalue weighted by Gasteiger charge is -2.20. The number of methoxy groups -OCH3 is 1. The van der Waals surface area contributed by atoms with Crippen molar-refractivity contribution in [2.75, 3.05) is 7.11 Å². The number of carbonyl (C=O) groups is 2. The number of halogens is 1. The van der Waals surface area contributed by atoms with Crippen LogP contribution in [0.25, 0.3) is 11.0 Å². The lowest BCUT2D eigenvalue weighted by molar-refractivity contribution is 0.0539. The van der Waals surface area contributed by atoms with Gasteiger partial charge >= 0.3 is 12.1 Å². The highest BCUT2D eigenvalue weighted by Crippen LogP contribution is 2.21. The summed E-state index contributed by atoms with van der Waals surface area (Å²) in [6.07, 6.45) is -0.559. The normalized spacial score (nSPS) is 11.5. The van der Waals surface area contributed by atoms with Crippen LogP contribution in [-0.4, -0.2) is 34.3 Å². The fourth-order valence-corrected chi connectivity index (χ4v) is 2.16. The zero-order chi connectivity index (χ0) is 16.5. The van der Waals surface area contributed by atoms with Gasteiger partial charge in [-0.25, -0.2) is 19.1 Å². The third-order valence-electron chi connectivity index (χ3n) is 2.84. The lowest BCUT2D eigenvalue weighted by atomic mass is 10.2. The highest BCUT2D eigenvalue weighted by molar-refractivity contribution is 6.17. The van der Waals surface area contributed by atoms with E-state index in [0.717, 1.165) is 0 Å². The van der Waals surface area contributed by atoms with Crippen LogP contribution in [-0.2, 0) is 15.4 Å². The van der Waals surface area contributed by atoms with E-state index in [1.807, 2.05) is 0 Å². The van der Waals surface area contributed by atoms with Gasteiger partial charge in [-0.05, 0) is 39.0 Å². The molecule has 0 fully saturated rings. The predicted octanol–water partition coefficient (Wildman–Crippen LogP) is 3.34. The van der Waals surface area contributed by atoms with E-state index in [4.69, 9.17) is 16.3 Å². The first kappa shape index (κ1) is 16.3. The number of aromatic nitrogens is 2. The Morgan fingerprint density at radius 3 is 2.55 bits per heavy atom. The first-order valence-corrected chi connectivity index (χ1v) is 7.19. The van der Waals surface area contributed by atoms with Gasteiger partial charge in [-0.2, -0.15) is 0 Å². The van der Waals surface area contributed by atoms with E-state index < -0.39 is 17.7 Å². The largest absolute Gasteiger partial charge is 0.465 e. The SMILES string of the molecule is COC(=O)c1ccc2c(c1)nc(CCl)n2C(=O)OC(C)(C)C. The van der Waals surface area contributed by atoms with Crippen LogP contribution in [0.15, 0.2) is 18.2 Å². The standard InChI is InChI=1S/C15H17ClN2O4/c1-15(2,3)22-14(20)18-11-6-5-9(13(19)21-4)7-10(11)17-12(18)8-16/h5-7H,8H2,1-4H3. The molecule has 2 rings (SSSR count). The van der Waals surface area contributed by atoms with Crippen molar-refractivity contribution in [1.29, 1.82) is 0 Å². The Kier molecular flexibility index (Phi) is 4.42. The monoisotopic (exact) mass is 324 g/mol. The van der Waals surface area contributed by atoms with Crippen LogP contribution in [0.2, 0.25) is 0 Å². The van der Waals surface area contributed by atoms with Crippen molar-refractivity contribution in [1.82, 2.24) is 9.55 Å². The Hall–Kier alpha value is -2.08. The molecule has 2 aromatic rings. The molecule has 0 atom stereocenters. The van der Waals surface area contributed by atoms with E-state index in [1.165, 1.54) is 11.7 Å². The second-order valence-electron chi connectivity index (χ2n) is 5.67. The number of imidazole rings is 1. The highest BCUT2D eigenvalue weighted by Gasteiger charge is 2.23. The topological polar surface area (TPSA) is 70.4 Å². The Morgan fingerprint density at radius 2 is 2.00 bits per heavy atom. The molecule has 0 bridgehead atoms. The minimum atomic E-state index is -0.636. The number of carbonyl (C=O) groups excluding carboxylic acids is 2. The molecule has 1 aromatic heterocycles. The molecule has 0 aliphatic rings. The molecule has 0 aliphatic heterocycles. The number of rotatable bonds is 2. The summed E-state index contributed by atoms with van der Waals surface area (Å²) in [4.78, 5) is 28.2. The molecule has 22 heavy (non-hydrogen) atoms. The maximum absolute atomic E-state index is 12.3. The van der Waals surface area contributed by atoms with Crippen molar-refractivity contribution >= 4 is 34.7 Å². The third kappa shape index (κ3) is 3.22. The van der Waals surface area contributed by atoms with E-state index in [-0.39, 0.29) is 5.88 Å². The number of esters is 1. The van der Waals surface area contributed by atoms with Crippen LogP contribution in [0.4, 0.5) is 4.79 Å². The summed E-state index contributed by atoms with van der Waals surface area (Å²) in [6, 6.07) is 4.74. The summed E-state index contributed by atoms with van der Waals surface area (Å²) in [5, 5.41) is 0.